The monoisotopic (exact) mass is 536 g/mol. The maximum absolute atomic E-state index is 11.5. The zero-order chi connectivity index (χ0) is 24.6. The maximum atomic E-state index is 11.5. The Morgan fingerprint density at radius 2 is 2.09 bits per heavy atom. The van der Waals surface area contributed by atoms with Gasteiger partial charge in [0.2, 0.25) is 6.79 Å². The van der Waals surface area contributed by atoms with Gasteiger partial charge in [-0.25, -0.2) is 4.79 Å². The Kier molecular flexibility index (Phi) is 6.78. The van der Waals surface area contributed by atoms with Crippen molar-refractivity contribution in [3.8, 4) is 11.5 Å². The Hall–Kier alpha value is -2.56. The summed E-state index contributed by atoms with van der Waals surface area (Å²) in [5, 5.41) is 24.4. The number of halogens is 1. The Labute approximate surface area is 216 Å². The van der Waals surface area contributed by atoms with Crippen molar-refractivity contribution in [2.24, 2.45) is 5.92 Å². The van der Waals surface area contributed by atoms with E-state index in [2.05, 4.69) is 11.4 Å². The highest BCUT2D eigenvalue weighted by molar-refractivity contribution is 7.98. The van der Waals surface area contributed by atoms with Crippen molar-refractivity contribution in [1.82, 2.24) is 9.62 Å². The minimum atomic E-state index is -0.999. The summed E-state index contributed by atoms with van der Waals surface area (Å²) in [7, 11) is 0. The summed E-state index contributed by atoms with van der Waals surface area (Å²) >= 11 is 9.99. The van der Waals surface area contributed by atoms with Crippen LogP contribution in [0.4, 0.5) is 0 Å². The van der Waals surface area contributed by atoms with Crippen LogP contribution in [-0.4, -0.2) is 44.7 Å². The van der Waals surface area contributed by atoms with E-state index in [1.165, 1.54) is 4.88 Å². The number of nitrogens with zero attached hydrogens (tertiary/aromatic N) is 1. The number of hydrogen-bond acceptors (Lipinski definition) is 8. The van der Waals surface area contributed by atoms with Gasteiger partial charge in [0.15, 0.2) is 11.5 Å². The van der Waals surface area contributed by atoms with Crippen molar-refractivity contribution in [3.05, 3.63) is 57.0 Å². The van der Waals surface area contributed by atoms with Gasteiger partial charge in [-0.15, -0.1) is 11.3 Å². The fraction of sp³-hybridized carbons (Fsp3) is 0.417. The number of aliphatic carboxylic acids is 2. The van der Waals surface area contributed by atoms with Gasteiger partial charge < -0.3 is 29.3 Å². The lowest BCUT2D eigenvalue weighted by Crippen LogP contribution is -2.43. The minimum absolute atomic E-state index is 0.0642. The molecule has 3 heterocycles. The molecule has 0 saturated heterocycles. The van der Waals surface area contributed by atoms with E-state index >= 15 is 0 Å². The van der Waals surface area contributed by atoms with Crippen molar-refractivity contribution in [3.63, 3.8) is 0 Å². The Bertz CT molecular complexity index is 1160. The first-order valence-electron chi connectivity index (χ1n) is 11.3. The van der Waals surface area contributed by atoms with Gasteiger partial charge in [-0.3, -0.25) is 4.79 Å². The normalized spacial score (nSPS) is 25.3. The van der Waals surface area contributed by atoms with Gasteiger partial charge in [-0.05, 0) is 66.6 Å². The fourth-order valence-corrected chi connectivity index (χ4v) is 7.96. The van der Waals surface area contributed by atoms with E-state index in [0.717, 1.165) is 24.8 Å². The van der Waals surface area contributed by atoms with Crippen LogP contribution in [0.3, 0.4) is 0 Å². The molecular formula is C24H25ClN2O6S2. The number of fused-ring (bicyclic) bond motifs is 1. The molecule has 1 aromatic carbocycles. The van der Waals surface area contributed by atoms with Crippen LogP contribution in [0.5, 0.6) is 11.5 Å². The Morgan fingerprint density at radius 3 is 2.77 bits per heavy atom. The van der Waals surface area contributed by atoms with Crippen LogP contribution in [0.15, 0.2) is 41.5 Å². The van der Waals surface area contributed by atoms with Crippen LogP contribution in [0.2, 0.25) is 5.02 Å². The molecule has 3 atom stereocenters. The summed E-state index contributed by atoms with van der Waals surface area (Å²) in [5.41, 5.74) is 1.08. The Morgan fingerprint density at radius 1 is 1.29 bits per heavy atom. The van der Waals surface area contributed by atoms with Gasteiger partial charge in [-0.1, -0.05) is 17.7 Å². The average Bonchev–Trinajstić information content (AvgIpc) is 3.57. The molecule has 5 rings (SSSR count). The molecule has 0 amide bonds. The molecule has 1 saturated carbocycles. The third-order valence-electron chi connectivity index (χ3n) is 6.79. The number of hydrogen-bond donors (Lipinski definition) is 3. The van der Waals surface area contributed by atoms with Gasteiger partial charge in [-0.2, -0.15) is 0 Å². The van der Waals surface area contributed by atoms with Crippen molar-refractivity contribution in [2.45, 2.75) is 42.8 Å². The van der Waals surface area contributed by atoms with Crippen LogP contribution >= 0.6 is 34.9 Å². The lowest BCUT2D eigenvalue weighted by Gasteiger charge is -2.47. The molecule has 3 aliphatic rings. The molecule has 3 N–H and O–H groups in total. The summed E-state index contributed by atoms with van der Waals surface area (Å²) in [4.78, 5) is 24.2. The van der Waals surface area contributed by atoms with Crippen molar-refractivity contribution >= 4 is 46.8 Å². The fourth-order valence-electron chi connectivity index (χ4n) is 5.18. The summed E-state index contributed by atoms with van der Waals surface area (Å²) in [5.74, 6) is -0.361. The van der Waals surface area contributed by atoms with E-state index in [9.17, 15) is 19.8 Å². The maximum Gasteiger partial charge on any atom is 0.353 e. The first-order chi connectivity index (χ1) is 16.8. The summed E-state index contributed by atoms with van der Waals surface area (Å²) in [6, 6.07) is 7.84. The van der Waals surface area contributed by atoms with E-state index in [-0.39, 0.29) is 35.5 Å². The molecule has 1 fully saturated rings. The van der Waals surface area contributed by atoms with E-state index in [4.69, 9.17) is 21.1 Å². The van der Waals surface area contributed by atoms with Crippen molar-refractivity contribution in [2.75, 3.05) is 13.5 Å². The highest BCUT2D eigenvalue weighted by Crippen LogP contribution is 2.56. The van der Waals surface area contributed by atoms with Crippen LogP contribution in [0, 0.1) is 5.92 Å². The molecule has 35 heavy (non-hydrogen) atoms. The van der Waals surface area contributed by atoms with Crippen LogP contribution in [0.1, 0.15) is 42.0 Å². The number of carboxylic acids is 2. The first-order valence-corrected chi connectivity index (χ1v) is 13.3. The zero-order valence-electron chi connectivity index (χ0n) is 18.7. The quantitative estimate of drug-likeness (QED) is 0.405. The van der Waals surface area contributed by atoms with Gasteiger partial charge in [0.1, 0.15) is 5.70 Å². The molecule has 3 unspecified atom stereocenters. The lowest BCUT2D eigenvalue weighted by molar-refractivity contribution is -0.138. The summed E-state index contributed by atoms with van der Waals surface area (Å²) in [6.07, 6.45) is 4.64. The molecule has 11 heteroatoms. The number of ether oxygens (including phenoxy) is 2. The van der Waals surface area contributed by atoms with E-state index in [1.807, 2.05) is 21.8 Å². The van der Waals surface area contributed by atoms with E-state index < -0.39 is 11.9 Å². The molecule has 2 aliphatic heterocycles. The number of rotatable bonds is 8. The minimum Gasteiger partial charge on any atom is -0.481 e. The predicted octanol–water partition coefficient (Wildman–Crippen LogP) is 4.91. The second-order valence-electron chi connectivity index (χ2n) is 9.04. The lowest BCUT2D eigenvalue weighted by atomic mass is 9.69. The molecular weight excluding hydrogens is 512 g/mol. The topological polar surface area (TPSA) is 108 Å². The SMILES string of the molecule is O=C(O)CC1CCC(Cc2cc3c(cc2Cl)OCO3)(SN2C=C(C(=O)O)NC2)C(c2cccs2)C1. The molecule has 1 aromatic heterocycles. The van der Waals surface area contributed by atoms with Crippen LogP contribution in [0.25, 0.3) is 0 Å². The second kappa shape index (κ2) is 9.83. The number of benzene rings is 1. The summed E-state index contributed by atoms with van der Waals surface area (Å²) in [6.45, 7) is 0.532. The zero-order valence-corrected chi connectivity index (χ0v) is 21.1. The van der Waals surface area contributed by atoms with Crippen molar-refractivity contribution in [1.29, 1.82) is 0 Å². The van der Waals surface area contributed by atoms with Crippen molar-refractivity contribution < 1.29 is 29.3 Å². The number of carboxylic acid groups (broad SMARTS) is 2. The molecule has 0 spiro atoms. The molecule has 186 valence electrons. The molecule has 0 bridgehead atoms. The molecule has 0 radical (unpaired) electrons. The molecule has 2 aromatic rings. The standard InChI is InChI=1S/C24H25ClN2O6S2/c25-17-9-20-19(32-13-33-20)8-15(17)10-24(35-27-11-18(23(30)31)26-12-27)4-3-14(7-22(28)29)6-16(24)21-2-1-5-34-21/h1-2,5,8-9,11,14,16,26H,3-4,6-7,10,12-13H2,(H,28,29)(H,30,31). The van der Waals surface area contributed by atoms with Gasteiger partial charge >= 0.3 is 11.9 Å². The average molecular weight is 537 g/mol. The van der Waals surface area contributed by atoms with Gasteiger partial charge in [0.25, 0.3) is 0 Å². The smallest absolute Gasteiger partial charge is 0.353 e. The van der Waals surface area contributed by atoms with Crippen LogP contribution in [-0.2, 0) is 16.0 Å². The molecule has 8 nitrogen and oxygen atoms in total. The van der Waals surface area contributed by atoms with Gasteiger partial charge in [0.05, 0.1) is 6.67 Å². The third kappa shape index (κ3) is 5.05. The summed E-state index contributed by atoms with van der Waals surface area (Å²) < 4.78 is 12.6. The largest absolute Gasteiger partial charge is 0.481 e. The second-order valence-corrected chi connectivity index (χ2v) is 11.9. The first kappa shape index (κ1) is 24.1. The third-order valence-corrected chi connectivity index (χ3v) is 9.59. The number of nitrogens with one attached hydrogen (secondary N) is 1. The Balaban J connectivity index is 1.53. The number of carbonyl (C=O) groups is 2. The highest BCUT2D eigenvalue weighted by Gasteiger charge is 2.48. The highest BCUT2D eigenvalue weighted by atomic mass is 35.5. The number of thiophene rings is 1. The van der Waals surface area contributed by atoms with Gasteiger partial charge in [0, 0.05) is 39.3 Å². The van der Waals surface area contributed by atoms with E-state index in [0.29, 0.717) is 29.6 Å². The molecule has 1 aliphatic carbocycles. The van der Waals surface area contributed by atoms with E-state index in [1.54, 1.807) is 35.6 Å². The van der Waals surface area contributed by atoms with Crippen LogP contribution < -0.4 is 14.8 Å². The predicted molar refractivity (Wildman–Crippen MR) is 134 cm³/mol.